The highest BCUT2D eigenvalue weighted by molar-refractivity contribution is 7.53. The normalized spacial score (nSPS) is 11.8. The molecule has 1 heterocycles. The summed E-state index contributed by atoms with van der Waals surface area (Å²) in [5.74, 6) is -0.280. The number of aromatic nitrogens is 2. The third kappa shape index (κ3) is 6.89. The average molecular weight is 488 g/mol. The van der Waals surface area contributed by atoms with E-state index in [1.165, 1.54) is 6.08 Å². The lowest BCUT2D eigenvalue weighted by Gasteiger charge is -2.17. The van der Waals surface area contributed by atoms with Crippen LogP contribution in [0.25, 0.3) is 17.3 Å². The molecule has 0 saturated carbocycles. The lowest BCUT2D eigenvalue weighted by atomic mass is 10.1. The molecule has 174 valence electrons. The summed E-state index contributed by atoms with van der Waals surface area (Å²) in [6, 6.07) is 14.6. The van der Waals surface area contributed by atoms with Gasteiger partial charge in [-0.3, -0.25) is 14.0 Å². The Hall–Kier alpha value is -2.70. The summed E-state index contributed by atoms with van der Waals surface area (Å²) in [6.07, 6.45) is 5.05. The Balaban J connectivity index is 1.67. The number of benzene rings is 2. The van der Waals surface area contributed by atoms with Gasteiger partial charge >= 0.3 is 7.60 Å². The van der Waals surface area contributed by atoms with Crippen molar-refractivity contribution in [2.75, 3.05) is 18.5 Å². The van der Waals surface area contributed by atoms with Gasteiger partial charge in [0.25, 0.3) is 0 Å². The SMILES string of the molecule is CCOP(=O)(Cc1ccc(NC(=O)/C=C/c2cnn(C)c2-c2cccc(Cl)c2)cc1)OCC. The molecule has 3 rings (SSSR count). The number of hydrogen-bond acceptors (Lipinski definition) is 5. The monoisotopic (exact) mass is 487 g/mol. The van der Waals surface area contributed by atoms with Gasteiger partial charge in [-0.15, -0.1) is 0 Å². The van der Waals surface area contributed by atoms with Crippen molar-refractivity contribution >= 4 is 36.9 Å². The number of anilines is 1. The molecule has 0 saturated heterocycles. The molecule has 7 nitrogen and oxygen atoms in total. The van der Waals surface area contributed by atoms with Gasteiger partial charge in [0.15, 0.2) is 0 Å². The minimum Gasteiger partial charge on any atom is -0.323 e. The highest BCUT2D eigenvalue weighted by Crippen LogP contribution is 2.51. The maximum Gasteiger partial charge on any atom is 0.335 e. The maximum atomic E-state index is 12.7. The van der Waals surface area contributed by atoms with Crippen molar-refractivity contribution in [3.8, 4) is 11.3 Å². The van der Waals surface area contributed by atoms with E-state index in [9.17, 15) is 9.36 Å². The average Bonchev–Trinajstić information content (AvgIpc) is 3.14. The third-order valence-corrected chi connectivity index (χ3v) is 7.02. The first kappa shape index (κ1) is 24.9. The molecule has 0 fully saturated rings. The van der Waals surface area contributed by atoms with Crippen LogP contribution in [0.1, 0.15) is 25.0 Å². The molecule has 0 bridgehead atoms. The topological polar surface area (TPSA) is 82.5 Å². The molecule has 2 aromatic carbocycles. The fourth-order valence-electron chi connectivity index (χ4n) is 3.35. The van der Waals surface area contributed by atoms with Gasteiger partial charge in [0.2, 0.25) is 5.91 Å². The van der Waals surface area contributed by atoms with Gasteiger partial charge in [-0.1, -0.05) is 35.9 Å². The Morgan fingerprint density at radius 2 is 1.85 bits per heavy atom. The number of nitrogens with zero attached hydrogens (tertiary/aromatic N) is 2. The number of aryl methyl sites for hydroxylation is 1. The predicted octanol–water partition coefficient (Wildman–Crippen LogP) is 6.16. The van der Waals surface area contributed by atoms with Crippen molar-refractivity contribution in [3.63, 3.8) is 0 Å². The van der Waals surface area contributed by atoms with Gasteiger partial charge in [-0.2, -0.15) is 5.10 Å². The number of amides is 1. The Kier molecular flexibility index (Phi) is 8.64. The van der Waals surface area contributed by atoms with Gasteiger partial charge < -0.3 is 14.4 Å². The highest BCUT2D eigenvalue weighted by Gasteiger charge is 2.23. The van der Waals surface area contributed by atoms with Crippen LogP contribution in [0, 0.1) is 0 Å². The molecule has 0 aliphatic rings. The summed E-state index contributed by atoms with van der Waals surface area (Å²) in [4.78, 5) is 12.4. The molecule has 0 radical (unpaired) electrons. The lowest BCUT2D eigenvalue weighted by molar-refractivity contribution is -0.111. The number of halogens is 1. The second kappa shape index (κ2) is 11.4. The van der Waals surface area contributed by atoms with Gasteiger partial charge in [0, 0.05) is 35.0 Å². The van der Waals surface area contributed by atoms with Gasteiger partial charge in [0.1, 0.15) is 0 Å². The first-order valence-electron chi connectivity index (χ1n) is 10.6. The lowest BCUT2D eigenvalue weighted by Crippen LogP contribution is -2.07. The van der Waals surface area contributed by atoms with E-state index in [2.05, 4.69) is 10.4 Å². The molecule has 0 unspecified atom stereocenters. The van der Waals surface area contributed by atoms with Gasteiger partial charge in [-0.25, -0.2) is 0 Å². The largest absolute Gasteiger partial charge is 0.335 e. The molecule has 1 aromatic heterocycles. The van der Waals surface area contributed by atoms with E-state index in [0.717, 1.165) is 22.4 Å². The van der Waals surface area contributed by atoms with E-state index in [0.29, 0.717) is 23.9 Å². The zero-order chi connectivity index (χ0) is 23.8. The Morgan fingerprint density at radius 1 is 1.15 bits per heavy atom. The second-order valence-corrected chi connectivity index (χ2v) is 9.70. The second-order valence-electron chi connectivity index (χ2n) is 7.21. The van der Waals surface area contributed by atoms with Crippen LogP contribution in [0.4, 0.5) is 5.69 Å². The molecule has 1 amide bonds. The molecular formula is C24H27ClN3O4P. The number of carbonyl (C=O) groups is 1. The first-order valence-corrected chi connectivity index (χ1v) is 12.7. The van der Waals surface area contributed by atoms with Crippen molar-refractivity contribution in [3.05, 3.63) is 77.0 Å². The van der Waals surface area contributed by atoms with Crippen LogP contribution in [0.5, 0.6) is 0 Å². The van der Waals surface area contributed by atoms with Crippen molar-refractivity contribution in [1.29, 1.82) is 0 Å². The summed E-state index contributed by atoms with van der Waals surface area (Å²) < 4.78 is 25.1. The number of nitrogens with one attached hydrogen (secondary N) is 1. The summed E-state index contributed by atoms with van der Waals surface area (Å²) in [5, 5.41) is 7.75. The highest BCUT2D eigenvalue weighted by atomic mass is 35.5. The summed E-state index contributed by atoms with van der Waals surface area (Å²) in [5.41, 5.74) is 3.99. The summed E-state index contributed by atoms with van der Waals surface area (Å²) >= 11 is 6.12. The van der Waals surface area contributed by atoms with E-state index in [1.807, 2.05) is 31.3 Å². The fourth-order valence-corrected chi connectivity index (χ4v) is 5.25. The van der Waals surface area contributed by atoms with Crippen LogP contribution < -0.4 is 5.32 Å². The minimum atomic E-state index is -3.17. The Bertz CT molecular complexity index is 1160. The third-order valence-electron chi connectivity index (χ3n) is 4.73. The van der Waals surface area contributed by atoms with Crippen LogP contribution in [-0.2, 0) is 31.6 Å². The van der Waals surface area contributed by atoms with Crippen molar-refractivity contribution in [1.82, 2.24) is 9.78 Å². The molecule has 33 heavy (non-hydrogen) atoms. The first-order chi connectivity index (χ1) is 15.8. The zero-order valence-corrected chi connectivity index (χ0v) is 20.5. The van der Waals surface area contributed by atoms with Crippen molar-refractivity contribution in [2.45, 2.75) is 20.0 Å². The molecule has 1 N–H and O–H groups in total. The number of rotatable bonds is 10. The molecule has 0 aliphatic carbocycles. The number of carbonyl (C=O) groups excluding carboxylic acids is 1. The molecule has 0 spiro atoms. The van der Waals surface area contributed by atoms with Crippen LogP contribution in [-0.4, -0.2) is 28.9 Å². The molecular weight excluding hydrogens is 461 g/mol. The van der Waals surface area contributed by atoms with Crippen LogP contribution >= 0.6 is 19.2 Å². The van der Waals surface area contributed by atoms with E-state index in [-0.39, 0.29) is 12.1 Å². The fraction of sp³-hybridized carbons (Fsp3) is 0.250. The van der Waals surface area contributed by atoms with Crippen LogP contribution in [0.15, 0.2) is 60.8 Å². The quantitative estimate of drug-likeness (QED) is 0.273. The molecule has 0 aliphatic heterocycles. The van der Waals surface area contributed by atoms with E-state index in [1.54, 1.807) is 55.1 Å². The van der Waals surface area contributed by atoms with E-state index >= 15 is 0 Å². The molecule has 0 atom stereocenters. The Labute approximate surface area is 198 Å². The van der Waals surface area contributed by atoms with Crippen LogP contribution in [0.2, 0.25) is 5.02 Å². The predicted molar refractivity (Wildman–Crippen MR) is 132 cm³/mol. The van der Waals surface area contributed by atoms with Crippen molar-refractivity contribution < 1.29 is 18.4 Å². The molecule has 9 heteroatoms. The molecule has 3 aromatic rings. The number of hydrogen-bond donors (Lipinski definition) is 1. The smallest absolute Gasteiger partial charge is 0.323 e. The maximum absolute atomic E-state index is 12.7. The van der Waals surface area contributed by atoms with Gasteiger partial charge in [0.05, 0.1) is 31.3 Å². The van der Waals surface area contributed by atoms with Crippen molar-refractivity contribution in [2.24, 2.45) is 7.05 Å². The van der Waals surface area contributed by atoms with Gasteiger partial charge in [-0.05, 0) is 49.8 Å². The standard InChI is InChI=1S/C24H27ClN3O4P/c1-4-31-33(30,32-5-2)17-18-9-12-22(13-10-18)27-23(29)14-11-20-16-26-28(3)24(20)19-7-6-8-21(25)15-19/h6-16H,4-5,17H2,1-3H3,(H,27,29)/b14-11+. The summed E-state index contributed by atoms with van der Waals surface area (Å²) in [7, 11) is -1.34. The van der Waals surface area contributed by atoms with Crippen LogP contribution in [0.3, 0.4) is 0 Å². The summed E-state index contributed by atoms with van der Waals surface area (Å²) in [6.45, 7) is 4.18. The van der Waals surface area contributed by atoms with E-state index in [4.69, 9.17) is 20.6 Å². The Morgan fingerprint density at radius 3 is 2.48 bits per heavy atom. The van der Waals surface area contributed by atoms with E-state index < -0.39 is 7.60 Å². The minimum absolute atomic E-state index is 0.177. The zero-order valence-electron chi connectivity index (χ0n) is 18.8.